The van der Waals surface area contributed by atoms with Crippen molar-refractivity contribution in [2.24, 2.45) is 0 Å². The Morgan fingerprint density at radius 3 is 2.56 bits per heavy atom. The fraction of sp³-hybridized carbons (Fsp3) is 0.333. The van der Waals surface area contributed by atoms with Gasteiger partial charge < -0.3 is 15.2 Å². The lowest BCUT2D eigenvalue weighted by atomic mass is 10.1. The number of carbonyl (C=O) groups excluding carboxylic acids is 3. The zero-order valence-corrected chi connectivity index (χ0v) is 18.2. The van der Waals surface area contributed by atoms with E-state index < -0.39 is 12.1 Å². The lowest BCUT2D eigenvalue weighted by molar-refractivity contribution is -0.131. The van der Waals surface area contributed by atoms with Gasteiger partial charge in [-0.1, -0.05) is 42.5 Å². The fourth-order valence-electron chi connectivity index (χ4n) is 4.05. The van der Waals surface area contributed by atoms with Gasteiger partial charge in [-0.3, -0.25) is 14.5 Å². The summed E-state index contributed by atoms with van der Waals surface area (Å²) < 4.78 is 2.17. The van der Waals surface area contributed by atoms with Crippen LogP contribution in [0.15, 0.2) is 54.6 Å². The molecule has 2 N–H and O–H groups in total. The number of imidazole rings is 1. The Kier molecular flexibility index (Phi) is 6.20. The molecule has 3 aromatic rings. The van der Waals surface area contributed by atoms with E-state index in [4.69, 9.17) is 4.98 Å². The molecule has 0 saturated carbocycles. The minimum Gasteiger partial charge on any atom is -0.356 e. The number of nitrogens with one attached hydrogen (secondary N) is 2. The number of imide groups is 1. The smallest absolute Gasteiger partial charge is 0.325 e. The molecule has 0 unspecified atom stereocenters. The van der Waals surface area contributed by atoms with E-state index in [0.717, 1.165) is 27.3 Å². The van der Waals surface area contributed by atoms with E-state index in [1.807, 2.05) is 54.6 Å². The zero-order chi connectivity index (χ0) is 22.7. The summed E-state index contributed by atoms with van der Waals surface area (Å²) in [6.07, 6.45) is 0.486. The number of aromatic nitrogens is 2. The van der Waals surface area contributed by atoms with Crippen LogP contribution in [0.2, 0.25) is 0 Å². The average Bonchev–Trinajstić information content (AvgIpc) is 3.27. The summed E-state index contributed by atoms with van der Waals surface area (Å²) >= 11 is 0. The molecule has 0 radical (unpaired) electrons. The van der Waals surface area contributed by atoms with Crippen LogP contribution in [0.5, 0.6) is 0 Å². The number of para-hydroxylation sites is 2. The van der Waals surface area contributed by atoms with Gasteiger partial charge in [-0.05, 0) is 31.5 Å². The molecule has 8 heteroatoms. The topological polar surface area (TPSA) is 96.3 Å². The molecule has 1 aromatic heterocycles. The van der Waals surface area contributed by atoms with Gasteiger partial charge in [0.2, 0.25) is 5.91 Å². The number of rotatable bonds is 8. The number of carbonyl (C=O) groups is 3. The van der Waals surface area contributed by atoms with Crippen LogP contribution in [-0.2, 0) is 22.6 Å². The van der Waals surface area contributed by atoms with Crippen molar-refractivity contribution >= 4 is 28.9 Å². The maximum atomic E-state index is 12.6. The van der Waals surface area contributed by atoms with Crippen LogP contribution in [0, 0.1) is 0 Å². The number of benzene rings is 2. The van der Waals surface area contributed by atoms with Gasteiger partial charge in [0.25, 0.3) is 5.91 Å². The van der Waals surface area contributed by atoms with Crippen molar-refractivity contribution in [3.63, 3.8) is 0 Å². The summed E-state index contributed by atoms with van der Waals surface area (Å²) in [4.78, 5) is 43.1. The van der Waals surface area contributed by atoms with Crippen molar-refractivity contribution in [3.05, 3.63) is 66.0 Å². The highest BCUT2D eigenvalue weighted by molar-refractivity contribution is 6.05. The highest BCUT2D eigenvalue weighted by Gasteiger charge is 2.38. The molecular weight excluding hydrogens is 406 g/mol. The lowest BCUT2D eigenvalue weighted by Crippen LogP contribution is -2.37. The summed E-state index contributed by atoms with van der Waals surface area (Å²) in [7, 11) is 0. The van der Waals surface area contributed by atoms with Crippen molar-refractivity contribution < 1.29 is 14.4 Å². The Bertz CT molecular complexity index is 1140. The first-order chi connectivity index (χ1) is 15.4. The molecule has 2 heterocycles. The third kappa shape index (κ3) is 4.49. The van der Waals surface area contributed by atoms with Crippen LogP contribution in [0.3, 0.4) is 0 Å². The Hall–Kier alpha value is -3.68. The third-order valence-corrected chi connectivity index (χ3v) is 5.54. The van der Waals surface area contributed by atoms with Gasteiger partial charge in [-0.2, -0.15) is 0 Å². The van der Waals surface area contributed by atoms with E-state index in [2.05, 4.69) is 29.0 Å². The minimum absolute atomic E-state index is 0.0868. The molecule has 4 amide bonds. The van der Waals surface area contributed by atoms with Crippen LogP contribution in [0.25, 0.3) is 11.0 Å². The molecule has 32 heavy (non-hydrogen) atoms. The van der Waals surface area contributed by atoms with Gasteiger partial charge in [0.05, 0.1) is 24.0 Å². The normalized spacial score (nSPS) is 16.1. The van der Waals surface area contributed by atoms with E-state index in [-0.39, 0.29) is 30.8 Å². The van der Waals surface area contributed by atoms with E-state index >= 15 is 0 Å². The summed E-state index contributed by atoms with van der Waals surface area (Å²) in [5.41, 5.74) is 2.86. The number of hydrogen-bond acceptors (Lipinski definition) is 4. The molecule has 8 nitrogen and oxygen atoms in total. The van der Waals surface area contributed by atoms with Crippen LogP contribution >= 0.6 is 0 Å². The Balaban J connectivity index is 1.32. The molecule has 0 aliphatic carbocycles. The second-order valence-corrected chi connectivity index (χ2v) is 8.20. The average molecular weight is 434 g/mol. The van der Waals surface area contributed by atoms with Gasteiger partial charge in [0, 0.05) is 19.0 Å². The summed E-state index contributed by atoms with van der Waals surface area (Å²) in [6, 6.07) is 16.2. The molecule has 1 aliphatic heterocycles. The molecule has 1 saturated heterocycles. The van der Waals surface area contributed by atoms with E-state index in [0.29, 0.717) is 13.0 Å². The molecule has 166 valence electrons. The van der Waals surface area contributed by atoms with E-state index in [1.54, 1.807) is 0 Å². The largest absolute Gasteiger partial charge is 0.356 e. The highest BCUT2D eigenvalue weighted by atomic mass is 16.2. The maximum absolute atomic E-state index is 12.6. The number of urea groups is 1. The van der Waals surface area contributed by atoms with Crippen molar-refractivity contribution in [1.82, 2.24) is 25.1 Å². The molecule has 0 spiro atoms. The quantitative estimate of drug-likeness (QED) is 0.534. The van der Waals surface area contributed by atoms with Crippen LogP contribution < -0.4 is 10.6 Å². The van der Waals surface area contributed by atoms with Crippen molar-refractivity contribution in [2.75, 3.05) is 6.54 Å². The van der Waals surface area contributed by atoms with Crippen LogP contribution in [0.1, 0.15) is 37.7 Å². The molecule has 0 bridgehead atoms. The number of nitrogens with zero attached hydrogens (tertiary/aromatic N) is 3. The Labute approximate surface area is 186 Å². The van der Waals surface area contributed by atoms with E-state index in [9.17, 15) is 14.4 Å². The summed E-state index contributed by atoms with van der Waals surface area (Å²) in [5, 5.41) is 5.47. The molecule has 1 fully saturated rings. The molecular formula is C24H27N5O3. The van der Waals surface area contributed by atoms with Crippen molar-refractivity contribution in [2.45, 2.75) is 45.3 Å². The predicted octanol–water partition coefficient (Wildman–Crippen LogP) is 2.79. The number of amides is 4. The molecule has 1 atom stereocenters. The molecule has 2 aromatic carbocycles. The SMILES string of the molecule is CC(C)n1c(CCNC(=O)C[C@H]2NC(=O)N(Cc3ccccc3)C2=O)nc2ccccc21. The Morgan fingerprint density at radius 2 is 1.81 bits per heavy atom. The minimum atomic E-state index is -0.841. The predicted molar refractivity (Wildman–Crippen MR) is 121 cm³/mol. The second kappa shape index (κ2) is 9.21. The zero-order valence-electron chi connectivity index (χ0n) is 18.2. The van der Waals surface area contributed by atoms with Crippen LogP contribution in [-0.4, -0.2) is 44.9 Å². The number of hydrogen-bond donors (Lipinski definition) is 2. The second-order valence-electron chi connectivity index (χ2n) is 8.20. The van der Waals surface area contributed by atoms with Crippen molar-refractivity contribution in [3.8, 4) is 0 Å². The standard InChI is InChI=1S/C24H27N5O3/c1-16(2)29-20-11-7-6-10-18(20)26-21(29)12-13-25-22(30)14-19-23(31)28(24(32)27-19)15-17-8-4-3-5-9-17/h3-11,16,19H,12-15H2,1-2H3,(H,25,30)(H,27,32)/t19-/m1/s1. The third-order valence-electron chi connectivity index (χ3n) is 5.54. The fourth-order valence-corrected chi connectivity index (χ4v) is 4.05. The molecule has 1 aliphatic rings. The number of fused-ring (bicyclic) bond motifs is 1. The van der Waals surface area contributed by atoms with Gasteiger partial charge in [0.1, 0.15) is 11.9 Å². The Morgan fingerprint density at radius 1 is 1.09 bits per heavy atom. The first-order valence-electron chi connectivity index (χ1n) is 10.8. The van der Waals surface area contributed by atoms with Gasteiger partial charge >= 0.3 is 6.03 Å². The van der Waals surface area contributed by atoms with Gasteiger partial charge in [-0.15, -0.1) is 0 Å². The lowest BCUT2D eigenvalue weighted by Gasteiger charge is -2.14. The first kappa shape index (κ1) is 21.5. The van der Waals surface area contributed by atoms with Crippen molar-refractivity contribution in [1.29, 1.82) is 0 Å². The van der Waals surface area contributed by atoms with Crippen LogP contribution in [0.4, 0.5) is 4.79 Å². The van der Waals surface area contributed by atoms with Gasteiger partial charge in [0.15, 0.2) is 0 Å². The van der Waals surface area contributed by atoms with E-state index in [1.165, 1.54) is 0 Å². The van der Waals surface area contributed by atoms with Gasteiger partial charge in [-0.25, -0.2) is 9.78 Å². The molecule has 4 rings (SSSR count). The summed E-state index contributed by atoms with van der Waals surface area (Å²) in [5.74, 6) is 0.244. The maximum Gasteiger partial charge on any atom is 0.325 e. The monoisotopic (exact) mass is 433 g/mol. The summed E-state index contributed by atoms with van der Waals surface area (Å²) in [6.45, 7) is 4.80. The first-order valence-corrected chi connectivity index (χ1v) is 10.8. The highest BCUT2D eigenvalue weighted by Crippen LogP contribution is 2.21.